The Bertz CT molecular complexity index is 601. The molecule has 2 rings (SSSR count). The van der Waals surface area contributed by atoms with Crippen LogP contribution in [0.5, 0.6) is 0 Å². The fraction of sp³-hybridized carbons (Fsp3) is 0.235. The van der Waals surface area contributed by atoms with Crippen molar-refractivity contribution in [1.29, 1.82) is 0 Å². The minimum Gasteiger partial charge on any atom is -0.370 e. The molecule has 0 fully saturated rings. The lowest BCUT2D eigenvalue weighted by atomic mass is 10.2. The molecule has 0 aliphatic heterocycles. The number of carbonyl (C=O) groups is 1. The topological polar surface area (TPSA) is 32.3 Å². The molecule has 2 aromatic rings. The predicted molar refractivity (Wildman–Crippen MR) is 90.8 cm³/mol. The molecule has 21 heavy (non-hydrogen) atoms. The van der Waals surface area contributed by atoms with Crippen molar-refractivity contribution in [3.63, 3.8) is 0 Å². The number of rotatable bonds is 5. The third-order valence-corrected chi connectivity index (χ3v) is 4.19. The zero-order valence-electron chi connectivity index (χ0n) is 12.2. The highest BCUT2D eigenvalue weighted by Crippen LogP contribution is 2.16. The Morgan fingerprint density at radius 2 is 1.76 bits per heavy atom. The van der Waals surface area contributed by atoms with E-state index in [2.05, 4.69) is 45.2 Å². The van der Waals surface area contributed by atoms with E-state index < -0.39 is 0 Å². The van der Waals surface area contributed by atoms with Crippen LogP contribution in [0.25, 0.3) is 0 Å². The fourth-order valence-electron chi connectivity index (χ4n) is 2.04. The second-order valence-corrected chi connectivity index (χ2v) is 5.84. The molecular weight excluding hydrogens is 328 g/mol. The molecule has 4 heteroatoms. The summed E-state index contributed by atoms with van der Waals surface area (Å²) in [6.45, 7) is 2.68. The standard InChI is InChI=1S/C17H19BrN2O/c1-13(20(2)14-8-4-3-5-9-14)12-19-17(21)15-10-6-7-11-16(15)18/h3-11,13H,12H2,1-2H3,(H,19,21)/t13-/m1/s1. The van der Waals surface area contributed by atoms with E-state index in [4.69, 9.17) is 0 Å². The van der Waals surface area contributed by atoms with Crippen LogP contribution in [0.4, 0.5) is 5.69 Å². The Morgan fingerprint density at radius 1 is 1.14 bits per heavy atom. The summed E-state index contributed by atoms with van der Waals surface area (Å²) in [5.74, 6) is -0.0595. The molecule has 2 aromatic carbocycles. The van der Waals surface area contributed by atoms with Crippen LogP contribution in [-0.4, -0.2) is 25.5 Å². The number of nitrogens with one attached hydrogen (secondary N) is 1. The zero-order valence-corrected chi connectivity index (χ0v) is 13.8. The molecule has 1 amide bonds. The minimum atomic E-state index is -0.0595. The van der Waals surface area contributed by atoms with Gasteiger partial charge in [0.2, 0.25) is 0 Å². The van der Waals surface area contributed by atoms with Crippen LogP contribution in [0.2, 0.25) is 0 Å². The van der Waals surface area contributed by atoms with E-state index in [0.29, 0.717) is 12.1 Å². The van der Waals surface area contributed by atoms with Gasteiger partial charge in [-0.25, -0.2) is 0 Å². The summed E-state index contributed by atoms with van der Waals surface area (Å²) in [5.41, 5.74) is 1.80. The molecular formula is C17H19BrN2O. The monoisotopic (exact) mass is 346 g/mol. The van der Waals surface area contributed by atoms with Gasteiger partial charge in [0.1, 0.15) is 0 Å². The summed E-state index contributed by atoms with van der Waals surface area (Å²) in [5, 5.41) is 2.98. The van der Waals surface area contributed by atoms with E-state index in [0.717, 1.165) is 10.2 Å². The predicted octanol–water partition coefficient (Wildman–Crippen LogP) is 3.70. The fourth-order valence-corrected chi connectivity index (χ4v) is 2.50. The number of halogens is 1. The first-order chi connectivity index (χ1) is 10.1. The van der Waals surface area contributed by atoms with Crippen LogP contribution < -0.4 is 10.2 Å². The van der Waals surface area contributed by atoms with Gasteiger partial charge in [-0.3, -0.25) is 4.79 Å². The van der Waals surface area contributed by atoms with Gasteiger partial charge in [-0.2, -0.15) is 0 Å². The van der Waals surface area contributed by atoms with Crippen molar-refractivity contribution in [1.82, 2.24) is 5.32 Å². The molecule has 0 aromatic heterocycles. The van der Waals surface area contributed by atoms with Crippen LogP contribution in [0, 0.1) is 0 Å². The number of anilines is 1. The molecule has 0 heterocycles. The molecule has 3 nitrogen and oxygen atoms in total. The Hall–Kier alpha value is -1.81. The van der Waals surface area contributed by atoms with Gasteiger partial charge in [-0.05, 0) is 47.1 Å². The largest absolute Gasteiger partial charge is 0.370 e. The number of nitrogens with zero attached hydrogens (tertiary/aromatic N) is 1. The number of benzene rings is 2. The van der Waals surface area contributed by atoms with Crippen molar-refractivity contribution >= 4 is 27.5 Å². The SMILES string of the molecule is C[C@H](CNC(=O)c1ccccc1Br)N(C)c1ccccc1. The molecule has 0 spiro atoms. The third-order valence-electron chi connectivity index (χ3n) is 3.50. The van der Waals surface area contributed by atoms with Gasteiger partial charge < -0.3 is 10.2 Å². The van der Waals surface area contributed by atoms with Crippen molar-refractivity contribution in [2.75, 3.05) is 18.5 Å². The van der Waals surface area contributed by atoms with Crippen molar-refractivity contribution in [2.45, 2.75) is 13.0 Å². The normalized spacial score (nSPS) is 11.8. The second-order valence-electron chi connectivity index (χ2n) is 4.99. The number of para-hydroxylation sites is 1. The Labute approximate surface area is 134 Å². The van der Waals surface area contributed by atoms with Crippen LogP contribution >= 0.6 is 15.9 Å². The van der Waals surface area contributed by atoms with Gasteiger partial charge in [0, 0.05) is 29.8 Å². The van der Waals surface area contributed by atoms with Crippen molar-refractivity contribution in [3.8, 4) is 0 Å². The lowest BCUT2D eigenvalue weighted by Gasteiger charge is -2.27. The lowest BCUT2D eigenvalue weighted by molar-refractivity contribution is 0.0951. The van der Waals surface area contributed by atoms with Crippen molar-refractivity contribution < 1.29 is 4.79 Å². The first-order valence-electron chi connectivity index (χ1n) is 6.90. The molecule has 0 saturated heterocycles. The maximum Gasteiger partial charge on any atom is 0.252 e. The van der Waals surface area contributed by atoms with Crippen LogP contribution in [-0.2, 0) is 0 Å². The molecule has 0 bridgehead atoms. The summed E-state index contributed by atoms with van der Waals surface area (Å²) in [6.07, 6.45) is 0. The van der Waals surface area contributed by atoms with Crippen LogP contribution in [0.15, 0.2) is 59.1 Å². The summed E-state index contributed by atoms with van der Waals surface area (Å²) in [7, 11) is 2.03. The molecule has 0 aliphatic carbocycles. The maximum absolute atomic E-state index is 12.2. The number of likely N-dealkylation sites (N-methyl/N-ethyl adjacent to an activating group) is 1. The van der Waals surface area contributed by atoms with Gasteiger partial charge >= 0.3 is 0 Å². The first-order valence-corrected chi connectivity index (χ1v) is 7.69. The van der Waals surface area contributed by atoms with Gasteiger partial charge in [-0.1, -0.05) is 30.3 Å². The number of amides is 1. The summed E-state index contributed by atoms with van der Waals surface area (Å²) in [4.78, 5) is 14.3. The third kappa shape index (κ3) is 4.08. The lowest BCUT2D eigenvalue weighted by Crippen LogP contribution is -2.40. The summed E-state index contributed by atoms with van der Waals surface area (Å²) < 4.78 is 0.812. The Morgan fingerprint density at radius 3 is 2.43 bits per heavy atom. The van der Waals surface area contributed by atoms with Crippen LogP contribution in [0.1, 0.15) is 17.3 Å². The summed E-state index contributed by atoms with van der Waals surface area (Å²) in [6, 6.07) is 17.8. The Balaban J connectivity index is 1.94. The molecule has 1 N–H and O–H groups in total. The second kappa shape index (κ2) is 7.27. The Kier molecular flexibility index (Phi) is 5.39. The van der Waals surface area contributed by atoms with E-state index in [1.165, 1.54) is 0 Å². The summed E-state index contributed by atoms with van der Waals surface area (Å²) >= 11 is 3.40. The molecule has 110 valence electrons. The molecule has 1 atom stereocenters. The highest BCUT2D eigenvalue weighted by molar-refractivity contribution is 9.10. The number of hydrogen-bond donors (Lipinski definition) is 1. The zero-order chi connectivity index (χ0) is 15.2. The average Bonchev–Trinajstić information content (AvgIpc) is 2.52. The van der Waals surface area contributed by atoms with E-state index >= 15 is 0 Å². The van der Waals surface area contributed by atoms with Gasteiger partial charge in [0.15, 0.2) is 0 Å². The van der Waals surface area contributed by atoms with Gasteiger partial charge in [-0.15, -0.1) is 0 Å². The van der Waals surface area contributed by atoms with E-state index in [1.54, 1.807) is 0 Å². The minimum absolute atomic E-state index is 0.0595. The van der Waals surface area contributed by atoms with Gasteiger partial charge in [0.25, 0.3) is 5.91 Å². The molecule has 0 radical (unpaired) electrons. The smallest absolute Gasteiger partial charge is 0.252 e. The van der Waals surface area contributed by atoms with E-state index in [-0.39, 0.29) is 11.9 Å². The van der Waals surface area contributed by atoms with Gasteiger partial charge in [0.05, 0.1) is 5.56 Å². The van der Waals surface area contributed by atoms with E-state index in [9.17, 15) is 4.79 Å². The highest BCUT2D eigenvalue weighted by atomic mass is 79.9. The molecule has 0 unspecified atom stereocenters. The number of hydrogen-bond acceptors (Lipinski definition) is 2. The van der Waals surface area contributed by atoms with E-state index in [1.807, 2.05) is 49.5 Å². The quantitative estimate of drug-likeness (QED) is 0.894. The molecule has 0 saturated carbocycles. The highest BCUT2D eigenvalue weighted by Gasteiger charge is 2.13. The average molecular weight is 347 g/mol. The van der Waals surface area contributed by atoms with Crippen molar-refractivity contribution in [2.24, 2.45) is 0 Å². The number of carbonyl (C=O) groups excluding carboxylic acids is 1. The maximum atomic E-state index is 12.2. The van der Waals surface area contributed by atoms with Crippen molar-refractivity contribution in [3.05, 3.63) is 64.6 Å². The molecule has 0 aliphatic rings. The van der Waals surface area contributed by atoms with Crippen LogP contribution in [0.3, 0.4) is 0 Å². The first kappa shape index (κ1) is 15.6.